The van der Waals surface area contributed by atoms with Crippen molar-refractivity contribution in [3.63, 3.8) is 0 Å². The Morgan fingerprint density at radius 2 is 1.06 bits per heavy atom. The van der Waals surface area contributed by atoms with Gasteiger partial charge in [-0.25, -0.2) is 0 Å². The van der Waals surface area contributed by atoms with E-state index in [-0.39, 0.29) is 13.2 Å². The molecule has 7 heteroatoms. The van der Waals surface area contributed by atoms with E-state index in [4.69, 9.17) is 19.7 Å². The fourth-order valence-corrected chi connectivity index (χ4v) is 3.40. The molecule has 188 valence electrons. The molecule has 0 aliphatic heterocycles. The molecule has 0 spiro atoms. The first kappa shape index (κ1) is 27.8. The van der Waals surface area contributed by atoms with E-state index in [0.717, 1.165) is 80.9 Å². The summed E-state index contributed by atoms with van der Waals surface area (Å²) in [5.41, 5.74) is 1.56. The summed E-state index contributed by atoms with van der Waals surface area (Å²) in [6, 6.07) is 15.3. The Morgan fingerprint density at radius 1 is 0.588 bits per heavy atom. The van der Waals surface area contributed by atoms with E-state index in [1.54, 1.807) is 0 Å². The molecule has 0 heterocycles. The predicted octanol–water partition coefficient (Wildman–Crippen LogP) is 5.90. The lowest BCUT2D eigenvalue weighted by atomic mass is 10.2. The van der Waals surface area contributed by atoms with Gasteiger partial charge in [-0.05, 0) is 94.2 Å². The zero-order chi connectivity index (χ0) is 24.3. The molecule has 0 saturated heterocycles. The highest BCUT2D eigenvalue weighted by Crippen LogP contribution is 2.23. The molecule has 0 atom stereocenters. The molecule has 0 aromatic heterocycles. The first-order chi connectivity index (χ1) is 16.7. The fraction of sp³-hybridized carbons (Fsp3) is 0.556. The smallest absolute Gasteiger partial charge is 0.119 e. The molecule has 0 unspecified atom stereocenters. The Kier molecular flexibility index (Phi) is 14.6. The van der Waals surface area contributed by atoms with Gasteiger partial charge >= 0.3 is 0 Å². The molecule has 34 heavy (non-hydrogen) atoms. The zero-order valence-corrected chi connectivity index (χ0v) is 20.6. The summed E-state index contributed by atoms with van der Waals surface area (Å²) in [6.07, 6.45) is 8.48. The van der Waals surface area contributed by atoms with Gasteiger partial charge in [0, 0.05) is 13.2 Å². The number of hydrogen-bond acceptors (Lipinski definition) is 7. The first-order valence-corrected chi connectivity index (χ1v) is 12.5. The SMILES string of the molecule is CN(CCO)CCCCCCOc1ccc(N=Nc2ccc(OCCCCCCO)cc2)cc1. The number of rotatable bonds is 19. The quantitative estimate of drug-likeness (QED) is 0.197. The topological polar surface area (TPSA) is 86.9 Å². The maximum Gasteiger partial charge on any atom is 0.119 e. The lowest BCUT2D eigenvalue weighted by molar-refractivity contribution is 0.218. The number of likely N-dealkylation sites (N-methyl/N-ethyl adjacent to an activating group) is 1. The van der Waals surface area contributed by atoms with E-state index in [1.807, 2.05) is 55.6 Å². The van der Waals surface area contributed by atoms with Gasteiger partial charge in [-0.3, -0.25) is 0 Å². The van der Waals surface area contributed by atoms with Crippen LogP contribution in [0.25, 0.3) is 0 Å². The summed E-state index contributed by atoms with van der Waals surface area (Å²) < 4.78 is 11.6. The van der Waals surface area contributed by atoms with Crippen molar-refractivity contribution in [2.45, 2.75) is 51.4 Å². The number of aliphatic hydroxyl groups excluding tert-OH is 2. The number of benzene rings is 2. The van der Waals surface area contributed by atoms with Crippen LogP contribution in [0, 0.1) is 0 Å². The van der Waals surface area contributed by atoms with Gasteiger partial charge in [0.1, 0.15) is 11.5 Å². The summed E-state index contributed by atoms with van der Waals surface area (Å²) in [6.45, 7) is 3.66. The van der Waals surface area contributed by atoms with E-state index in [0.29, 0.717) is 13.2 Å². The molecule has 0 radical (unpaired) electrons. The van der Waals surface area contributed by atoms with Gasteiger partial charge in [-0.1, -0.05) is 19.3 Å². The van der Waals surface area contributed by atoms with Crippen LogP contribution in [0.15, 0.2) is 58.8 Å². The zero-order valence-electron chi connectivity index (χ0n) is 20.6. The van der Waals surface area contributed by atoms with Gasteiger partial charge < -0.3 is 24.6 Å². The van der Waals surface area contributed by atoms with Crippen molar-refractivity contribution in [1.29, 1.82) is 0 Å². The van der Waals surface area contributed by atoms with E-state index < -0.39 is 0 Å². The van der Waals surface area contributed by atoms with Crippen molar-refractivity contribution in [1.82, 2.24) is 4.90 Å². The van der Waals surface area contributed by atoms with Crippen LogP contribution in [0.1, 0.15) is 51.4 Å². The summed E-state index contributed by atoms with van der Waals surface area (Å²) in [7, 11) is 2.04. The Bertz CT molecular complexity index is 781. The molecular formula is C27H41N3O4. The third-order valence-electron chi connectivity index (χ3n) is 5.46. The van der Waals surface area contributed by atoms with Crippen molar-refractivity contribution in [3.05, 3.63) is 48.5 Å². The van der Waals surface area contributed by atoms with Crippen LogP contribution >= 0.6 is 0 Å². The number of ether oxygens (including phenoxy) is 2. The number of hydrogen-bond donors (Lipinski definition) is 2. The van der Waals surface area contributed by atoms with Crippen molar-refractivity contribution in [3.8, 4) is 11.5 Å². The standard InChI is InChI=1S/C27H41N3O4/c1-30(19-21-32)18-6-2-4-8-22-33-26-14-10-24(11-15-26)28-29-25-12-16-27(17-13-25)34-23-9-5-3-7-20-31/h10-17,31-32H,2-9,18-23H2,1H3. The minimum absolute atomic E-state index is 0.223. The molecule has 0 fully saturated rings. The Balaban J connectivity index is 1.61. The number of unbranched alkanes of at least 4 members (excludes halogenated alkanes) is 6. The molecule has 2 aromatic carbocycles. The second kappa shape index (κ2) is 17.9. The summed E-state index contributed by atoms with van der Waals surface area (Å²) in [4.78, 5) is 2.16. The average Bonchev–Trinajstić information content (AvgIpc) is 2.86. The van der Waals surface area contributed by atoms with Crippen LogP contribution in [0.3, 0.4) is 0 Å². The van der Waals surface area contributed by atoms with Gasteiger partial charge in [0.25, 0.3) is 0 Å². The first-order valence-electron chi connectivity index (χ1n) is 12.5. The maximum atomic E-state index is 8.90. The molecular weight excluding hydrogens is 430 g/mol. The molecule has 2 N–H and O–H groups in total. The highest BCUT2D eigenvalue weighted by Gasteiger charge is 1.99. The number of aliphatic hydroxyl groups is 2. The van der Waals surface area contributed by atoms with Crippen LogP contribution in [0.2, 0.25) is 0 Å². The van der Waals surface area contributed by atoms with E-state index in [1.165, 1.54) is 6.42 Å². The molecule has 0 aliphatic carbocycles. The summed E-state index contributed by atoms with van der Waals surface area (Å²) >= 11 is 0. The van der Waals surface area contributed by atoms with Gasteiger partial charge in [0.15, 0.2) is 0 Å². The fourth-order valence-electron chi connectivity index (χ4n) is 3.40. The molecule has 2 rings (SSSR count). The van der Waals surface area contributed by atoms with Gasteiger partial charge in [-0.15, -0.1) is 0 Å². The monoisotopic (exact) mass is 471 g/mol. The second-order valence-corrected chi connectivity index (χ2v) is 8.46. The van der Waals surface area contributed by atoms with Crippen molar-refractivity contribution in [2.24, 2.45) is 10.2 Å². The maximum absolute atomic E-state index is 8.90. The van der Waals surface area contributed by atoms with Crippen LogP contribution in [0.4, 0.5) is 11.4 Å². The Morgan fingerprint density at radius 3 is 1.53 bits per heavy atom. The van der Waals surface area contributed by atoms with Gasteiger partial charge in [0.05, 0.1) is 31.2 Å². The normalized spacial score (nSPS) is 11.4. The molecule has 0 amide bonds. The van der Waals surface area contributed by atoms with Crippen LogP contribution in [-0.2, 0) is 0 Å². The van der Waals surface area contributed by atoms with Gasteiger partial charge in [-0.2, -0.15) is 10.2 Å². The Hall–Kier alpha value is -2.48. The van der Waals surface area contributed by atoms with E-state index in [9.17, 15) is 0 Å². The van der Waals surface area contributed by atoms with Crippen molar-refractivity contribution >= 4 is 11.4 Å². The summed E-state index contributed by atoms with van der Waals surface area (Å²) in [5.74, 6) is 1.68. The van der Waals surface area contributed by atoms with Crippen LogP contribution in [-0.4, -0.2) is 61.7 Å². The molecule has 2 aromatic rings. The van der Waals surface area contributed by atoms with Crippen LogP contribution < -0.4 is 9.47 Å². The lowest BCUT2D eigenvalue weighted by Gasteiger charge is -2.14. The molecule has 0 bridgehead atoms. The molecule has 7 nitrogen and oxygen atoms in total. The number of azo groups is 1. The van der Waals surface area contributed by atoms with Crippen molar-refractivity contribution in [2.75, 3.05) is 46.6 Å². The third kappa shape index (κ3) is 12.7. The average molecular weight is 472 g/mol. The number of nitrogens with zero attached hydrogens (tertiary/aromatic N) is 3. The largest absolute Gasteiger partial charge is 0.494 e. The third-order valence-corrected chi connectivity index (χ3v) is 5.46. The van der Waals surface area contributed by atoms with E-state index >= 15 is 0 Å². The second-order valence-electron chi connectivity index (χ2n) is 8.46. The minimum Gasteiger partial charge on any atom is -0.494 e. The highest BCUT2D eigenvalue weighted by molar-refractivity contribution is 5.44. The molecule has 0 aliphatic rings. The molecule has 0 saturated carbocycles. The lowest BCUT2D eigenvalue weighted by Crippen LogP contribution is -2.23. The van der Waals surface area contributed by atoms with Crippen molar-refractivity contribution < 1.29 is 19.7 Å². The minimum atomic E-state index is 0.223. The summed E-state index contributed by atoms with van der Waals surface area (Å²) in [5, 5.41) is 26.3. The highest BCUT2D eigenvalue weighted by atomic mass is 16.5. The predicted molar refractivity (Wildman–Crippen MR) is 137 cm³/mol. The van der Waals surface area contributed by atoms with Gasteiger partial charge in [0.2, 0.25) is 0 Å². The van der Waals surface area contributed by atoms with E-state index in [2.05, 4.69) is 15.1 Å². The van der Waals surface area contributed by atoms with Crippen LogP contribution in [0.5, 0.6) is 11.5 Å². The Labute approximate surface area is 204 Å².